The second kappa shape index (κ2) is 5.86. The molecule has 0 saturated heterocycles. The molecule has 0 radical (unpaired) electrons. The molecule has 0 bridgehead atoms. The van der Waals surface area contributed by atoms with E-state index >= 15 is 0 Å². The summed E-state index contributed by atoms with van der Waals surface area (Å²) in [5.74, 6) is 0. The number of carbonyl (C=O) groups is 2. The van der Waals surface area contributed by atoms with Crippen molar-refractivity contribution in [3.8, 4) is 5.06 Å². The summed E-state index contributed by atoms with van der Waals surface area (Å²) < 4.78 is 10.2. The lowest BCUT2D eigenvalue weighted by atomic mass is 10.2. The van der Waals surface area contributed by atoms with Crippen LogP contribution in [0.4, 0.5) is 4.79 Å². The van der Waals surface area contributed by atoms with Crippen molar-refractivity contribution in [2.75, 3.05) is 7.11 Å². The van der Waals surface area contributed by atoms with E-state index in [0.29, 0.717) is 17.2 Å². The number of alkyl carbamates (subject to hydrolysis) is 1. The molecule has 0 aliphatic heterocycles. The number of methoxy groups -OCH3 is 1. The van der Waals surface area contributed by atoms with Crippen LogP contribution < -0.4 is 10.1 Å². The second-order valence-corrected chi connectivity index (χ2v) is 5.73. The van der Waals surface area contributed by atoms with Gasteiger partial charge in [-0.3, -0.25) is 4.79 Å². The Labute approximate surface area is 110 Å². The van der Waals surface area contributed by atoms with Gasteiger partial charge in [0.2, 0.25) is 0 Å². The molecule has 0 spiro atoms. The van der Waals surface area contributed by atoms with Crippen LogP contribution in [0.25, 0.3) is 0 Å². The number of rotatable bonds is 4. The molecule has 0 atom stereocenters. The molecule has 0 aliphatic rings. The van der Waals surface area contributed by atoms with Crippen LogP contribution in [0.1, 0.15) is 36.0 Å². The number of hydrogen-bond acceptors (Lipinski definition) is 5. The lowest BCUT2D eigenvalue weighted by Gasteiger charge is -2.19. The molecule has 1 amide bonds. The summed E-state index contributed by atoms with van der Waals surface area (Å²) >= 11 is 1.32. The second-order valence-electron chi connectivity index (χ2n) is 4.63. The van der Waals surface area contributed by atoms with Gasteiger partial charge in [0.25, 0.3) is 0 Å². The first-order valence-corrected chi connectivity index (χ1v) is 6.26. The molecule has 5 nitrogen and oxygen atoms in total. The molecule has 18 heavy (non-hydrogen) atoms. The van der Waals surface area contributed by atoms with E-state index in [1.165, 1.54) is 18.4 Å². The molecule has 100 valence electrons. The van der Waals surface area contributed by atoms with Crippen molar-refractivity contribution in [2.24, 2.45) is 0 Å². The Kier molecular flexibility index (Phi) is 4.72. The van der Waals surface area contributed by atoms with Crippen molar-refractivity contribution in [3.05, 3.63) is 16.5 Å². The first-order chi connectivity index (χ1) is 8.35. The van der Waals surface area contributed by atoms with Crippen LogP contribution in [0, 0.1) is 0 Å². The molecule has 0 aliphatic carbocycles. The van der Waals surface area contributed by atoms with Gasteiger partial charge in [0.15, 0.2) is 11.3 Å². The lowest BCUT2D eigenvalue weighted by molar-refractivity contribution is 0.0524. The summed E-state index contributed by atoms with van der Waals surface area (Å²) in [7, 11) is 1.50. The van der Waals surface area contributed by atoms with Crippen LogP contribution in [0.2, 0.25) is 0 Å². The number of carbonyl (C=O) groups excluding carboxylic acids is 2. The van der Waals surface area contributed by atoms with Gasteiger partial charge >= 0.3 is 6.09 Å². The zero-order valence-corrected chi connectivity index (χ0v) is 11.7. The van der Waals surface area contributed by atoms with Crippen LogP contribution in [-0.2, 0) is 11.3 Å². The minimum absolute atomic E-state index is 0.309. The van der Waals surface area contributed by atoms with Crippen molar-refractivity contribution in [1.29, 1.82) is 0 Å². The van der Waals surface area contributed by atoms with Gasteiger partial charge in [0.05, 0.1) is 19.2 Å². The predicted molar refractivity (Wildman–Crippen MR) is 69.3 cm³/mol. The van der Waals surface area contributed by atoms with Crippen molar-refractivity contribution < 1.29 is 19.1 Å². The van der Waals surface area contributed by atoms with Crippen molar-refractivity contribution in [3.63, 3.8) is 0 Å². The zero-order chi connectivity index (χ0) is 13.8. The minimum Gasteiger partial charge on any atom is -0.487 e. The van der Waals surface area contributed by atoms with E-state index in [1.807, 2.05) is 0 Å². The van der Waals surface area contributed by atoms with Crippen LogP contribution in [0.5, 0.6) is 5.06 Å². The lowest BCUT2D eigenvalue weighted by Crippen LogP contribution is -2.31. The molecule has 1 heterocycles. The third kappa shape index (κ3) is 4.37. The van der Waals surface area contributed by atoms with Crippen LogP contribution in [0.3, 0.4) is 0 Å². The van der Waals surface area contributed by atoms with E-state index < -0.39 is 11.7 Å². The molecule has 0 saturated carbocycles. The highest BCUT2D eigenvalue weighted by molar-refractivity contribution is 7.14. The number of ether oxygens (including phenoxy) is 2. The molecule has 0 aromatic carbocycles. The normalized spacial score (nSPS) is 10.9. The third-order valence-corrected chi connectivity index (χ3v) is 3.01. The smallest absolute Gasteiger partial charge is 0.407 e. The van der Waals surface area contributed by atoms with Crippen LogP contribution in [0.15, 0.2) is 6.07 Å². The average molecular weight is 271 g/mol. The zero-order valence-electron chi connectivity index (χ0n) is 10.9. The standard InChI is InChI=1S/C12H17NO4S/c1-12(2,3)17-11(15)13-6-9-5-8(7-14)10(16-4)18-9/h5,7H,6H2,1-4H3,(H,13,15). The Hall–Kier alpha value is -1.56. The molecular formula is C12H17NO4S. The molecule has 0 fully saturated rings. The molecule has 1 N–H and O–H groups in total. The summed E-state index contributed by atoms with van der Waals surface area (Å²) in [6, 6.07) is 1.69. The van der Waals surface area contributed by atoms with Crippen molar-refractivity contribution in [2.45, 2.75) is 32.9 Å². The van der Waals surface area contributed by atoms with Gasteiger partial charge in [0, 0.05) is 4.88 Å². The Bertz CT molecular complexity index is 434. The third-order valence-electron chi connectivity index (χ3n) is 1.89. The van der Waals surface area contributed by atoms with E-state index in [9.17, 15) is 9.59 Å². The van der Waals surface area contributed by atoms with Crippen molar-refractivity contribution >= 4 is 23.7 Å². The fourth-order valence-corrected chi connectivity index (χ4v) is 2.12. The summed E-state index contributed by atoms with van der Waals surface area (Å²) in [5, 5.41) is 3.17. The monoisotopic (exact) mass is 271 g/mol. The number of aldehydes is 1. The van der Waals surface area contributed by atoms with Gasteiger partial charge in [-0.05, 0) is 26.8 Å². The summed E-state index contributed by atoms with van der Waals surface area (Å²) in [5.41, 5.74) is -0.0333. The van der Waals surface area contributed by atoms with Crippen LogP contribution in [-0.4, -0.2) is 25.1 Å². The summed E-state index contributed by atoms with van der Waals surface area (Å²) in [6.07, 6.45) is 0.245. The van der Waals surface area contributed by atoms with Gasteiger partial charge in [-0.1, -0.05) is 0 Å². The molecule has 1 rings (SSSR count). The SMILES string of the molecule is COc1sc(CNC(=O)OC(C)(C)C)cc1C=O. The minimum atomic E-state index is -0.523. The Morgan fingerprint density at radius 1 is 1.50 bits per heavy atom. The quantitative estimate of drug-likeness (QED) is 0.855. The first-order valence-electron chi connectivity index (χ1n) is 5.44. The van der Waals surface area contributed by atoms with E-state index in [-0.39, 0.29) is 0 Å². The number of hydrogen-bond donors (Lipinski definition) is 1. The van der Waals surface area contributed by atoms with Gasteiger partial charge < -0.3 is 14.8 Å². The number of thiophene rings is 1. The maximum atomic E-state index is 11.4. The van der Waals surface area contributed by atoms with Gasteiger partial charge in [-0.2, -0.15) is 0 Å². The Balaban J connectivity index is 2.56. The highest BCUT2D eigenvalue weighted by Gasteiger charge is 2.16. The van der Waals surface area contributed by atoms with E-state index in [2.05, 4.69) is 5.32 Å². The predicted octanol–water partition coefficient (Wildman–Crippen LogP) is 2.59. The van der Waals surface area contributed by atoms with Crippen LogP contribution >= 0.6 is 11.3 Å². The summed E-state index contributed by atoms with van der Waals surface area (Å²) in [4.78, 5) is 23.0. The molecule has 0 unspecified atom stereocenters. The maximum Gasteiger partial charge on any atom is 0.407 e. The first kappa shape index (κ1) is 14.5. The Morgan fingerprint density at radius 3 is 2.61 bits per heavy atom. The largest absolute Gasteiger partial charge is 0.487 e. The Morgan fingerprint density at radius 2 is 2.17 bits per heavy atom. The molecule has 6 heteroatoms. The van der Waals surface area contributed by atoms with Gasteiger partial charge in [-0.25, -0.2) is 4.79 Å². The summed E-state index contributed by atoms with van der Waals surface area (Å²) in [6.45, 7) is 5.70. The molecule has 1 aromatic heterocycles. The van der Waals surface area contributed by atoms with E-state index in [0.717, 1.165) is 11.2 Å². The number of nitrogens with one attached hydrogen (secondary N) is 1. The highest BCUT2D eigenvalue weighted by atomic mass is 32.1. The topological polar surface area (TPSA) is 64.6 Å². The maximum absolute atomic E-state index is 11.4. The highest BCUT2D eigenvalue weighted by Crippen LogP contribution is 2.28. The number of amides is 1. The molecule has 1 aromatic rings. The average Bonchev–Trinajstić information content (AvgIpc) is 2.66. The fraction of sp³-hybridized carbons (Fsp3) is 0.500. The van der Waals surface area contributed by atoms with E-state index in [4.69, 9.17) is 9.47 Å². The van der Waals surface area contributed by atoms with Gasteiger partial charge in [0.1, 0.15) is 5.60 Å². The van der Waals surface area contributed by atoms with Crippen molar-refractivity contribution in [1.82, 2.24) is 5.32 Å². The fourth-order valence-electron chi connectivity index (χ4n) is 1.24. The van der Waals surface area contributed by atoms with Gasteiger partial charge in [-0.15, -0.1) is 11.3 Å². The van der Waals surface area contributed by atoms with E-state index in [1.54, 1.807) is 26.8 Å². The molecular weight excluding hydrogens is 254 g/mol.